The molecule has 0 saturated heterocycles. The minimum absolute atomic E-state index is 0.166. The SMILES string of the molecule is Cc1cccc(CNc2ccc(NS(=O)(=O)c3c(C)n[nH]c3C)cn2)c1. The molecule has 0 atom stereocenters. The molecule has 0 radical (unpaired) electrons. The number of H-pyrrole nitrogens is 1. The molecule has 26 heavy (non-hydrogen) atoms. The third-order valence-corrected chi connectivity index (χ3v) is 5.54. The Morgan fingerprint density at radius 2 is 1.92 bits per heavy atom. The van der Waals surface area contributed by atoms with Gasteiger partial charge in [-0.2, -0.15) is 5.10 Å². The number of anilines is 2. The topological polar surface area (TPSA) is 99.8 Å². The molecule has 0 aliphatic heterocycles. The summed E-state index contributed by atoms with van der Waals surface area (Å²) in [6.07, 6.45) is 1.49. The largest absolute Gasteiger partial charge is 0.366 e. The van der Waals surface area contributed by atoms with Gasteiger partial charge in [-0.3, -0.25) is 9.82 Å². The zero-order valence-corrected chi connectivity index (χ0v) is 15.7. The summed E-state index contributed by atoms with van der Waals surface area (Å²) in [5.74, 6) is 0.671. The second-order valence-corrected chi connectivity index (χ2v) is 7.76. The molecule has 3 N–H and O–H groups in total. The molecular weight excluding hydrogens is 350 g/mol. The van der Waals surface area contributed by atoms with Gasteiger partial charge in [0.15, 0.2) is 0 Å². The highest BCUT2D eigenvalue weighted by Gasteiger charge is 2.22. The van der Waals surface area contributed by atoms with Gasteiger partial charge in [0.1, 0.15) is 10.7 Å². The zero-order valence-electron chi connectivity index (χ0n) is 14.9. The van der Waals surface area contributed by atoms with Gasteiger partial charge in [0.2, 0.25) is 0 Å². The van der Waals surface area contributed by atoms with Gasteiger partial charge in [0.05, 0.1) is 23.3 Å². The van der Waals surface area contributed by atoms with Crippen LogP contribution in [0.4, 0.5) is 11.5 Å². The summed E-state index contributed by atoms with van der Waals surface area (Å²) >= 11 is 0. The van der Waals surface area contributed by atoms with Crippen molar-refractivity contribution in [3.63, 3.8) is 0 Å². The summed E-state index contributed by atoms with van der Waals surface area (Å²) in [7, 11) is -3.71. The average molecular weight is 371 g/mol. The van der Waals surface area contributed by atoms with E-state index in [-0.39, 0.29) is 4.90 Å². The number of hydrogen-bond donors (Lipinski definition) is 3. The molecule has 0 saturated carbocycles. The maximum atomic E-state index is 12.5. The van der Waals surface area contributed by atoms with E-state index < -0.39 is 10.0 Å². The van der Waals surface area contributed by atoms with E-state index >= 15 is 0 Å². The second-order valence-electron chi connectivity index (χ2n) is 6.14. The lowest BCUT2D eigenvalue weighted by Gasteiger charge is -2.10. The third-order valence-electron chi connectivity index (χ3n) is 3.90. The highest BCUT2D eigenvalue weighted by atomic mass is 32.2. The van der Waals surface area contributed by atoms with E-state index in [9.17, 15) is 8.42 Å². The van der Waals surface area contributed by atoms with Crippen molar-refractivity contribution in [1.82, 2.24) is 15.2 Å². The van der Waals surface area contributed by atoms with Crippen LogP contribution in [0.2, 0.25) is 0 Å². The Balaban J connectivity index is 1.68. The quantitative estimate of drug-likeness (QED) is 0.618. The van der Waals surface area contributed by atoms with Crippen LogP contribution in [0.15, 0.2) is 47.5 Å². The summed E-state index contributed by atoms with van der Waals surface area (Å²) in [6, 6.07) is 11.6. The fourth-order valence-corrected chi connectivity index (χ4v) is 4.13. The number of aryl methyl sites for hydroxylation is 3. The number of nitrogens with zero attached hydrogens (tertiary/aromatic N) is 2. The molecular formula is C18H21N5O2S. The predicted octanol–water partition coefficient (Wildman–Crippen LogP) is 3.14. The molecule has 0 unspecified atom stereocenters. The number of sulfonamides is 1. The van der Waals surface area contributed by atoms with Gasteiger partial charge in [0, 0.05) is 6.54 Å². The first-order valence-electron chi connectivity index (χ1n) is 8.15. The van der Waals surface area contributed by atoms with Crippen molar-refractivity contribution in [3.05, 3.63) is 65.1 Å². The molecule has 0 aliphatic carbocycles. The Labute approximate surface area is 152 Å². The van der Waals surface area contributed by atoms with Gasteiger partial charge in [0.25, 0.3) is 10.0 Å². The van der Waals surface area contributed by atoms with Crippen molar-refractivity contribution < 1.29 is 8.42 Å². The van der Waals surface area contributed by atoms with Crippen molar-refractivity contribution in [3.8, 4) is 0 Å². The second kappa shape index (κ2) is 7.17. The molecule has 0 spiro atoms. The monoisotopic (exact) mass is 371 g/mol. The lowest BCUT2D eigenvalue weighted by Crippen LogP contribution is -2.14. The molecule has 8 heteroatoms. The molecule has 0 fully saturated rings. The summed E-state index contributed by atoms with van der Waals surface area (Å²) in [5.41, 5.74) is 3.68. The highest BCUT2D eigenvalue weighted by molar-refractivity contribution is 7.92. The fourth-order valence-electron chi connectivity index (χ4n) is 2.72. The lowest BCUT2D eigenvalue weighted by atomic mass is 10.1. The Bertz CT molecular complexity index is 991. The zero-order chi connectivity index (χ0) is 18.7. The minimum Gasteiger partial charge on any atom is -0.366 e. The molecule has 0 aliphatic rings. The normalized spacial score (nSPS) is 11.3. The van der Waals surface area contributed by atoms with Crippen LogP contribution in [-0.2, 0) is 16.6 Å². The van der Waals surface area contributed by atoms with Gasteiger partial charge >= 0.3 is 0 Å². The molecule has 1 aromatic carbocycles. The summed E-state index contributed by atoms with van der Waals surface area (Å²) in [5, 5.41) is 9.83. The number of pyridine rings is 1. The first-order chi connectivity index (χ1) is 12.3. The van der Waals surface area contributed by atoms with E-state index in [4.69, 9.17) is 0 Å². The Hall–Kier alpha value is -2.87. The number of hydrogen-bond acceptors (Lipinski definition) is 5. The standard InChI is InChI=1S/C18H21N5O2S/c1-12-5-4-6-15(9-12)10-19-17-8-7-16(11-20-17)23-26(24,25)18-13(2)21-22-14(18)3/h4-9,11,23H,10H2,1-3H3,(H,19,20)(H,21,22). The smallest absolute Gasteiger partial charge is 0.265 e. The first-order valence-corrected chi connectivity index (χ1v) is 9.63. The van der Waals surface area contributed by atoms with Gasteiger partial charge in [-0.15, -0.1) is 0 Å². The van der Waals surface area contributed by atoms with E-state index in [1.807, 2.05) is 25.1 Å². The highest BCUT2D eigenvalue weighted by Crippen LogP contribution is 2.21. The van der Waals surface area contributed by atoms with Crippen LogP contribution in [0.25, 0.3) is 0 Å². The van der Waals surface area contributed by atoms with Crippen LogP contribution >= 0.6 is 0 Å². The number of nitrogens with one attached hydrogen (secondary N) is 3. The summed E-state index contributed by atoms with van der Waals surface area (Å²) in [6.45, 7) is 6.01. The molecule has 2 aromatic heterocycles. The minimum atomic E-state index is -3.71. The number of aromatic amines is 1. The maximum absolute atomic E-state index is 12.5. The van der Waals surface area contributed by atoms with E-state index in [2.05, 4.69) is 31.3 Å². The van der Waals surface area contributed by atoms with E-state index in [1.165, 1.54) is 11.8 Å². The van der Waals surface area contributed by atoms with Crippen LogP contribution in [0, 0.1) is 20.8 Å². The first kappa shape index (κ1) is 17.9. The van der Waals surface area contributed by atoms with Crippen molar-refractivity contribution in [2.45, 2.75) is 32.2 Å². The Morgan fingerprint density at radius 3 is 2.54 bits per heavy atom. The summed E-state index contributed by atoms with van der Waals surface area (Å²) in [4.78, 5) is 4.43. The molecule has 7 nitrogen and oxygen atoms in total. The third kappa shape index (κ3) is 4.02. The van der Waals surface area contributed by atoms with Gasteiger partial charge in [-0.25, -0.2) is 13.4 Å². The number of aromatic nitrogens is 3. The van der Waals surface area contributed by atoms with Crippen molar-refractivity contribution in [1.29, 1.82) is 0 Å². The van der Waals surface area contributed by atoms with E-state index in [0.29, 0.717) is 29.4 Å². The van der Waals surface area contributed by atoms with Crippen LogP contribution in [0.3, 0.4) is 0 Å². The van der Waals surface area contributed by atoms with Crippen LogP contribution in [0.1, 0.15) is 22.5 Å². The summed E-state index contributed by atoms with van der Waals surface area (Å²) < 4.78 is 27.6. The molecule has 136 valence electrons. The predicted molar refractivity (Wildman–Crippen MR) is 102 cm³/mol. The van der Waals surface area contributed by atoms with Crippen LogP contribution in [0.5, 0.6) is 0 Å². The fraction of sp³-hybridized carbons (Fsp3) is 0.222. The molecule has 3 rings (SSSR count). The van der Waals surface area contributed by atoms with Crippen LogP contribution in [-0.4, -0.2) is 23.6 Å². The number of rotatable bonds is 6. The van der Waals surface area contributed by atoms with Crippen molar-refractivity contribution in [2.24, 2.45) is 0 Å². The van der Waals surface area contributed by atoms with Gasteiger partial charge < -0.3 is 5.32 Å². The van der Waals surface area contributed by atoms with E-state index in [0.717, 1.165) is 5.56 Å². The molecule has 0 bridgehead atoms. The Kier molecular flexibility index (Phi) is 4.94. The number of benzene rings is 1. The lowest BCUT2D eigenvalue weighted by molar-refractivity contribution is 0.600. The van der Waals surface area contributed by atoms with E-state index in [1.54, 1.807) is 26.0 Å². The average Bonchev–Trinajstić information content (AvgIpc) is 2.93. The Morgan fingerprint density at radius 1 is 1.12 bits per heavy atom. The molecule has 2 heterocycles. The van der Waals surface area contributed by atoms with Crippen LogP contribution < -0.4 is 10.0 Å². The van der Waals surface area contributed by atoms with Gasteiger partial charge in [-0.05, 0) is 38.5 Å². The maximum Gasteiger partial charge on any atom is 0.265 e. The van der Waals surface area contributed by atoms with Crippen molar-refractivity contribution >= 4 is 21.5 Å². The molecule has 0 amide bonds. The van der Waals surface area contributed by atoms with Gasteiger partial charge in [-0.1, -0.05) is 29.8 Å². The van der Waals surface area contributed by atoms with Crippen molar-refractivity contribution in [2.75, 3.05) is 10.0 Å². The molecule has 3 aromatic rings.